The lowest BCUT2D eigenvalue weighted by atomic mass is 10.1. The summed E-state index contributed by atoms with van der Waals surface area (Å²) in [4.78, 5) is 0.259. The first kappa shape index (κ1) is 11.4. The second-order valence-corrected chi connectivity index (χ2v) is 4.13. The average molecular weight is 243 g/mol. The van der Waals surface area contributed by atoms with Gasteiger partial charge < -0.3 is 16.8 Å². The van der Waals surface area contributed by atoms with Crippen LogP contribution < -0.4 is 16.8 Å². The van der Waals surface area contributed by atoms with Gasteiger partial charge in [-0.15, -0.1) is 0 Å². The second-order valence-electron chi connectivity index (χ2n) is 3.65. The molecule has 0 aromatic heterocycles. The van der Waals surface area contributed by atoms with Crippen LogP contribution in [-0.2, 0) is 0 Å². The van der Waals surface area contributed by atoms with Crippen molar-refractivity contribution in [1.82, 2.24) is 0 Å². The number of anilines is 1. The highest BCUT2D eigenvalue weighted by atomic mass is 32.1. The standard InChI is InChI=1S/C13H13N3S/c14-12(8-13(15)17)16-11-7-3-5-9-4-1-2-6-10(9)11/h1-8,16H,14H2,(H2,15,17). The molecule has 2 rings (SSSR count). The molecule has 5 N–H and O–H groups in total. The highest BCUT2D eigenvalue weighted by molar-refractivity contribution is 7.80. The fraction of sp³-hybridized carbons (Fsp3) is 0. The van der Waals surface area contributed by atoms with Crippen LogP contribution in [0.4, 0.5) is 5.69 Å². The van der Waals surface area contributed by atoms with Crippen molar-refractivity contribution in [2.75, 3.05) is 5.32 Å². The summed E-state index contributed by atoms with van der Waals surface area (Å²) >= 11 is 4.77. The van der Waals surface area contributed by atoms with Crippen LogP contribution in [0.25, 0.3) is 10.8 Å². The van der Waals surface area contributed by atoms with E-state index in [9.17, 15) is 0 Å². The zero-order valence-electron chi connectivity index (χ0n) is 9.18. The highest BCUT2D eigenvalue weighted by Crippen LogP contribution is 2.23. The predicted molar refractivity (Wildman–Crippen MR) is 76.6 cm³/mol. The van der Waals surface area contributed by atoms with Gasteiger partial charge in [0.25, 0.3) is 0 Å². The summed E-state index contributed by atoms with van der Waals surface area (Å²) in [5, 5.41) is 5.35. The number of nitrogens with one attached hydrogen (secondary N) is 1. The van der Waals surface area contributed by atoms with Gasteiger partial charge in [0.15, 0.2) is 0 Å². The van der Waals surface area contributed by atoms with Gasteiger partial charge in [0.2, 0.25) is 0 Å². The van der Waals surface area contributed by atoms with Crippen LogP contribution in [0.3, 0.4) is 0 Å². The first-order valence-corrected chi connectivity index (χ1v) is 5.59. The van der Waals surface area contributed by atoms with Crippen LogP contribution in [0.1, 0.15) is 0 Å². The Kier molecular flexibility index (Phi) is 3.25. The summed E-state index contributed by atoms with van der Waals surface area (Å²) in [6.45, 7) is 0. The summed E-state index contributed by atoms with van der Waals surface area (Å²) in [6.07, 6.45) is 1.52. The molecule has 4 heteroatoms. The molecule has 0 amide bonds. The molecule has 0 saturated heterocycles. The van der Waals surface area contributed by atoms with Gasteiger partial charge in [0, 0.05) is 17.1 Å². The predicted octanol–water partition coefficient (Wildman–Crippen LogP) is 2.34. The maximum atomic E-state index is 5.78. The SMILES string of the molecule is NC(=S)C=C(N)Nc1cccc2ccccc12. The van der Waals surface area contributed by atoms with Crippen molar-refractivity contribution in [1.29, 1.82) is 0 Å². The zero-order chi connectivity index (χ0) is 12.3. The fourth-order valence-corrected chi connectivity index (χ4v) is 1.81. The van der Waals surface area contributed by atoms with Crippen molar-refractivity contribution in [3.8, 4) is 0 Å². The minimum absolute atomic E-state index is 0.259. The van der Waals surface area contributed by atoms with Crippen molar-refractivity contribution < 1.29 is 0 Å². The fourth-order valence-electron chi connectivity index (χ4n) is 1.68. The normalized spacial score (nSPS) is 11.4. The van der Waals surface area contributed by atoms with E-state index < -0.39 is 0 Å². The summed E-state index contributed by atoms with van der Waals surface area (Å²) < 4.78 is 0. The third-order valence-electron chi connectivity index (χ3n) is 2.37. The van der Waals surface area contributed by atoms with Crippen LogP contribution >= 0.6 is 12.2 Å². The number of rotatable bonds is 3. The van der Waals surface area contributed by atoms with Crippen LogP contribution in [0.5, 0.6) is 0 Å². The van der Waals surface area contributed by atoms with E-state index in [1.165, 1.54) is 6.08 Å². The summed E-state index contributed by atoms with van der Waals surface area (Å²) in [7, 11) is 0. The Labute approximate surface area is 105 Å². The van der Waals surface area contributed by atoms with Crippen molar-refractivity contribution >= 4 is 33.7 Å². The van der Waals surface area contributed by atoms with E-state index >= 15 is 0 Å². The van der Waals surface area contributed by atoms with Gasteiger partial charge in [-0.2, -0.15) is 0 Å². The number of benzene rings is 2. The molecule has 0 atom stereocenters. The summed E-state index contributed by atoms with van der Waals surface area (Å²) in [5.41, 5.74) is 12.1. The van der Waals surface area contributed by atoms with E-state index in [4.69, 9.17) is 23.7 Å². The summed E-state index contributed by atoms with van der Waals surface area (Å²) in [6, 6.07) is 14.1. The Morgan fingerprint density at radius 2 is 1.76 bits per heavy atom. The van der Waals surface area contributed by atoms with Gasteiger partial charge in [0.1, 0.15) is 5.82 Å². The van der Waals surface area contributed by atoms with Crippen LogP contribution in [-0.4, -0.2) is 4.99 Å². The third-order valence-corrected chi connectivity index (χ3v) is 2.48. The van der Waals surface area contributed by atoms with E-state index in [0.29, 0.717) is 5.82 Å². The quantitative estimate of drug-likeness (QED) is 0.572. The van der Waals surface area contributed by atoms with E-state index in [2.05, 4.69) is 5.32 Å². The van der Waals surface area contributed by atoms with Gasteiger partial charge in [-0.1, -0.05) is 48.6 Å². The molecule has 2 aromatic carbocycles. The molecule has 0 bridgehead atoms. The van der Waals surface area contributed by atoms with Crippen LogP contribution in [0.2, 0.25) is 0 Å². The molecular formula is C13H13N3S. The maximum Gasteiger partial charge on any atom is 0.103 e. The van der Waals surface area contributed by atoms with E-state index in [0.717, 1.165) is 16.5 Å². The first-order valence-electron chi connectivity index (χ1n) is 5.18. The van der Waals surface area contributed by atoms with Crippen molar-refractivity contribution in [3.63, 3.8) is 0 Å². The number of thiocarbonyl (C=S) groups is 1. The lowest BCUT2D eigenvalue weighted by molar-refractivity contribution is 1.32. The molecule has 3 nitrogen and oxygen atoms in total. The van der Waals surface area contributed by atoms with Gasteiger partial charge in [0.05, 0.1) is 4.99 Å². The third kappa shape index (κ3) is 2.73. The Bertz CT molecular complexity index is 585. The molecule has 0 aliphatic carbocycles. The average Bonchev–Trinajstić information content (AvgIpc) is 2.28. The Balaban J connectivity index is 2.39. The monoisotopic (exact) mass is 243 g/mol. The Morgan fingerprint density at radius 3 is 2.53 bits per heavy atom. The molecular weight excluding hydrogens is 230 g/mol. The number of hydrogen-bond donors (Lipinski definition) is 3. The molecule has 0 aliphatic heterocycles. The van der Waals surface area contributed by atoms with E-state index in [1.54, 1.807) is 0 Å². The number of nitrogens with two attached hydrogens (primary N) is 2. The van der Waals surface area contributed by atoms with Crippen molar-refractivity contribution in [3.05, 3.63) is 54.4 Å². The molecule has 0 radical (unpaired) electrons. The Morgan fingerprint density at radius 1 is 1.06 bits per heavy atom. The highest BCUT2D eigenvalue weighted by Gasteiger charge is 2.00. The first-order chi connectivity index (χ1) is 8.16. The maximum absolute atomic E-state index is 5.78. The smallest absolute Gasteiger partial charge is 0.103 e. The van der Waals surface area contributed by atoms with Crippen LogP contribution in [0.15, 0.2) is 54.4 Å². The molecule has 2 aromatic rings. The number of fused-ring (bicyclic) bond motifs is 1. The largest absolute Gasteiger partial charge is 0.390 e. The van der Waals surface area contributed by atoms with Gasteiger partial charge in [-0.05, 0) is 11.5 Å². The molecule has 0 unspecified atom stereocenters. The molecule has 17 heavy (non-hydrogen) atoms. The molecule has 0 aliphatic rings. The van der Waals surface area contributed by atoms with Crippen molar-refractivity contribution in [2.24, 2.45) is 11.5 Å². The Hall–Kier alpha value is -2.07. The van der Waals surface area contributed by atoms with Gasteiger partial charge >= 0.3 is 0 Å². The molecule has 0 spiro atoms. The van der Waals surface area contributed by atoms with Gasteiger partial charge in [-0.25, -0.2) is 0 Å². The molecule has 0 fully saturated rings. The minimum atomic E-state index is 0.259. The van der Waals surface area contributed by atoms with E-state index in [1.807, 2.05) is 42.5 Å². The molecule has 86 valence electrons. The molecule has 0 heterocycles. The van der Waals surface area contributed by atoms with E-state index in [-0.39, 0.29) is 4.99 Å². The van der Waals surface area contributed by atoms with Gasteiger partial charge in [-0.3, -0.25) is 0 Å². The van der Waals surface area contributed by atoms with Crippen LogP contribution in [0, 0.1) is 0 Å². The lowest BCUT2D eigenvalue weighted by Gasteiger charge is -2.09. The second kappa shape index (κ2) is 4.84. The molecule has 0 saturated carbocycles. The minimum Gasteiger partial charge on any atom is -0.390 e. The topological polar surface area (TPSA) is 64.1 Å². The number of hydrogen-bond acceptors (Lipinski definition) is 3. The lowest BCUT2D eigenvalue weighted by Crippen LogP contribution is -2.14. The zero-order valence-corrected chi connectivity index (χ0v) is 10.00. The summed E-state index contributed by atoms with van der Waals surface area (Å²) in [5.74, 6) is 0.439. The van der Waals surface area contributed by atoms with Crippen molar-refractivity contribution in [2.45, 2.75) is 0 Å².